The first-order valence-electron chi connectivity index (χ1n) is 9.84. The lowest BCUT2D eigenvalue weighted by Crippen LogP contribution is -2.36. The van der Waals surface area contributed by atoms with Crippen molar-refractivity contribution in [1.82, 2.24) is 24.2 Å². The van der Waals surface area contributed by atoms with Gasteiger partial charge >= 0.3 is 12.1 Å². The second kappa shape index (κ2) is 10.1. The first-order chi connectivity index (χ1) is 14.7. The second-order valence-corrected chi connectivity index (χ2v) is 7.63. The maximum absolute atomic E-state index is 12.0. The number of halogens is 3. The Balaban J connectivity index is 0.000000339. The molecule has 0 radical (unpaired) electrons. The summed E-state index contributed by atoms with van der Waals surface area (Å²) >= 11 is 0. The number of aliphatic carboxylic acids is 1. The smallest absolute Gasteiger partial charge is 0.475 e. The van der Waals surface area contributed by atoms with E-state index in [1.165, 1.54) is 0 Å². The quantitative estimate of drug-likeness (QED) is 0.759. The number of carbonyl (C=O) groups is 1. The lowest BCUT2D eigenvalue weighted by atomic mass is 10.1. The highest BCUT2D eigenvalue weighted by Crippen LogP contribution is 2.20. The van der Waals surface area contributed by atoms with Gasteiger partial charge in [0.2, 0.25) is 0 Å². The highest BCUT2D eigenvalue weighted by atomic mass is 19.4. The molecule has 2 atom stereocenters. The Morgan fingerprint density at radius 2 is 2.00 bits per heavy atom. The number of imidazole rings is 1. The molecule has 1 N–H and O–H groups in total. The predicted molar refractivity (Wildman–Crippen MR) is 102 cm³/mol. The normalized spacial score (nSPS) is 21.6. The van der Waals surface area contributed by atoms with Gasteiger partial charge in [0.15, 0.2) is 0 Å². The van der Waals surface area contributed by atoms with E-state index in [9.17, 15) is 18.0 Å². The molecule has 4 heterocycles. The van der Waals surface area contributed by atoms with Crippen LogP contribution in [-0.4, -0.2) is 67.8 Å². The zero-order valence-corrected chi connectivity index (χ0v) is 16.7. The van der Waals surface area contributed by atoms with E-state index in [0.29, 0.717) is 18.4 Å². The molecule has 2 unspecified atom stereocenters. The Hall–Kier alpha value is -2.73. The minimum absolute atomic E-state index is 0.0386. The summed E-state index contributed by atoms with van der Waals surface area (Å²) in [4.78, 5) is 27.9. The molecule has 9 nitrogen and oxygen atoms in total. The number of aromatic nitrogens is 4. The van der Waals surface area contributed by atoms with Gasteiger partial charge in [0.05, 0.1) is 19.7 Å². The largest absolute Gasteiger partial charge is 0.490 e. The summed E-state index contributed by atoms with van der Waals surface area (Å²) in [7, 11) is 0. The molecular formula is C19H24F3N5O4. The lowest BCUT2D eigenvalue weighted by Gasteiger charge is -2.26. The lowest BCUT2D eigenvalue weighted by molar-refractivity contribution is -0.192. The summed E-state index contributed by atoms with van der Waals surface area (Å²) < 4.78 is 41.0. The van der Waals surface area contributed by atoms with Crippen LogP contribution in [0.25, 0.3) is 0 Å². The van der Waals surface area contributed by atoms with Crippen LogP contribution >= 0.6 is 0 Å². The first kappa shape index (κ1) is 22.9. The van der Waals surface area contributed by atoms with Crippen molar-refractivity contribution in [3.63, 3.8) is 0 Å². The Labute approximate surface area is 176 Å². The van der Waals surface area contributed by atoms with Gasteiger partial charge in [-0.3, -0.25) is 9.69 Å². The molecule has 2 aliphatic heterocycles. The summed E-state index contributed by atoms with van der Waals surface area (Å²) in [5, 5.41) is 11.3. The number of carboxylic acid groups (broad SMARTS) is 1. The number of fused-ring (bicyclic) bond motifs is 1. The third-order valence-corrected chi connectivity index (χ3v) is 5.14. The van der Waals surface area contributed by atoms with Gasteiger partial charge in [0, 0.05) is 56.8 Å². The molecule has 170 valence electrons. The van der Waals surface area contributed by atoms with Gasteiger partial charge in [0.1, 0.15) is 5.82 Å². The summed E-state index contributed by atoms with van der Waals surface area (Å²) in [6.07, 6.45) is 1.62. The summed E-state index contributed by atoms with van der Waals surface area (Å²) in [5.74, 6) is -0.725. The maximum atomic E-state index is 12.0. The minimum atomic E-state index is -5.08. The third kappa shape index (κ3) is 6.62. The van der Waals surface area contributed by atoms with Crippen LogP contribution in [-0.2, 0) is 29.2 Å². The van der Waals surface area contributed by atoms with Gasteiger partial charge in [-0.1, -0.05) is 0 Å². The molecule has 4 rings (SSSR count). The Bertz CT molecular complexity index is 924. The monoisotopic (exact) mass is 443 g/mol. The number of hydrogen-bond donors (Lipinski definition) is 1. The Kier molecular flexibility index (Phi) is 7.44. The molecule has 1 saturated heterocycles. The van der Waals surface area contributed by atoms with E-state index in [0.717, 1.165) is 51.6 Å². The molecule has 0 saturated carbocycles. The number of alkyl halides is 3. The van der Waals surface area contributed by atoms with Crippen LogP contribution in [0.5, 0.6) is 0 Å². The molecule has 0 bridgehead atoms. The van der Waals surface area contributed by atoms with Gasteiger partial charge in [-0.25, -0.2) is 14.5 Å². The highest BCUT2D eigenvalue weighted by Gasteiger charge is 2.38. The zero-order chi connectivity index (χ0) is 22.4. The van der Waals surface area contributed by atoms with Gasteiger partial charge in [-0.15, -0.1) is 0 Å². The van der Waals surface area contributed by atoms with Crippen molar-refractivity contribution in [1.29, 1.82) is 0 Å². The van der Waals surface area contributed by atoms with E-state index in [-0.39, 0.29) is 5.56 Å². The summed E-state index contributed by atoms with van der Waals surface area (Å²) in [6.45, 7) is 6.07. The van der Waals surface area contributed by atoms with Gasteiger partial charge in [0.25, 0.3) is 5.56 Å². The van der Waals surface area contributed by atoms with Crippen molar-refractivity contribution in [3.05, 3.63) is 46.9 Å². The topological polar surface area (TPSA) is 102 Å². The van der Waals surface area contributed by atoms with Gasteiger partial charge < -0.3 is 14.4 Å². The molecule has 2 aromatic heterocycles. The molecule has 1 fully saturated rings. The Morgan fingerprint density at radius 3 is 2.65 bits per heavy atom. The van der Waals surface area contributed by atoms with Crippen molar-refractivity contribution in [2.24, 2.45) is 11.8 Å². The number of nitrogens with zero attached hydrogens (tertiary/aromatic N) is 5. The maximum Gasteiger partial charge on any atom is 0.490 e. The first-order valence-corrected chi connectivity index (χ1v) is 9.84. The van der Waals surface area contributed by atoms with E-state index < -0.39 is 12.1 Å². The minimum Gasteiger partial charge on any atom is -0.475 e. The predicted octanol–water partition coefficient (Wildman–Crippen LogP) is 1.24. The fraction of sp³-hybridized carbons (Fsp3) is 0.579. The second-order valence-electron chi connectivity index (χ2n) is 7.63. The van der Waals surface area contributed by atoms with Crippen LogP contribution in [0.4, 0.5) is 13.2 Å². The van der Waals surface area contributed by atoms with Crippen molar-refractivity contribution in [2.75, 3.05) is 26.3 Å². The van der Waals surface area contributed by atoms with Crippen molar-refractivity contribution in [3.8, 4) is 0 Å². The van der Waals surface area contributed by atoms with Crippen LogP contribution in [0.2, 0.25) is 0 Å². The number of ether oxygens (including phenoxy) is 1. The molecule has 2 aromatic rings. The van der Waals surface area contributed by atoms with Crippen LogP contribution in [0.1, 0.15) is 12.2 Å². The molecule has 0 aliphatic carbocycles. The molecule has 0 spiro atoms. The molecule has 0 amide bonds. The zero-order valence-electron chi connectivity index (χ0n) is 16.7. The Morgan fingerprint density at radius 1 is 1.23 bits per heavy atom. The molecule has 0 aromatic carbocycles. The summed E-state index contributed by atoms with van der Waals surface area (Å²) in [5.41, 5.74) is -0.0386. The third-order valence-electron chi connectivity index (χ3n) is 5.14. The number of hydrogen-bond acceptors (Lipinski definition) is 6. The molecule has 12 heteroatoms. The van der Waals surface area contributed by atoms with E-state index in [2.05, 4.69) is 19.5 Å². The van der Waals surface area contributed by atoms with E-state index in [4.69, 9.17) is 14.6 Å². The standard InChI is InChI=1S/C17H23N5O2.C2HF3O2/c23-17-2-1-4-19-22(17)11-15-9-20(8-14-3-7-24-13-14)12-16-18-5-6-21(16)10-15;3-2(4,5)1(6)7/h1-2,4-6,14-15H,3,7-13H2;(H,6,7). The number of rotatable bonds is 4. The van der Waals surface area contributed by atoms with Gasteiger partial charge in [-0.2, -0.15) is 18.3 Å². The van der Waals surface area contributed by atoms with Crippen molar-refractivity contribution >= 4 is 5.97 Å². The van der Waals surface area contributed by atoms with E-state index in [1.807, 2.05) is 12.4 Å². The fourth-order valence-corrected chi connectivity index (χ4v) is 3.74. The average Bonchev–Trinajstić information content (AvgIpc) is 3.33. The van der Waals surface area contributed by atoms with Crippen molar-refractivity contribution in [2.45, 2.75) is 32.2 Å². The fourth-order valence-electron chi connectivity index (χ4n) is 3.74. The molecule has 31 heavy (non-hydrogen) atoms. The highest BCUT2D eigenvalue weighted by molar-refractivity contribution is 5.73. The average molecular weight is 443 g/mol. The van der Waals surface area contributed by atoms with Gasteiger partial charge in [-0.05, 0) is 18.4 Å². The SMILES string of the molecule is O=C(O)C(F)(F)F.O=c1cccnn1CC1CN(CC2CCOC2)Cc2nccn2C1. The molecule has 2 aliphatic rings. The van der Waals surface area contributed by atoms with Crippen LogP contribution in [0.3, 0.4) is 0 Å². The van der Waals surface area contributed by atoms with Crippen LogP contribution in [0, 0.1) is 11.8 Å². The van der Waals surface area contributed by atoms with Crippen molar-refractivity contribution < 1.29 is 27.8 Å². The van der Waals surface area contributed by atoms with E-state index in [1.54, 1.807) is 23.0 Å². The molecular weight excluding hydrogens is 419 g/mol. The van der Waals surface area contributed by atoms with Crippen LogP contribution in [0.15, 0.2) is 35.5 Å². The summed E-state index contributed by atoms with van der Waals surface area (Å²) in [6, 6.07) is 3.26. The van der Waals surface area contributed by atoms with Crippen LogP contribution < -0.4 is 5.56 Å². The number of carboxylic acids is 1. The van der Waals surface area contributed by atoms with E-state index >= 15 is 0 Å².